The van der Waals surface area contributed by atoms with Crippen molar-refractivity contribution in [1.82, 2.24) is 20.3 Å². The van der Waals surface area contributed by atoms with Crippen LogP contribution in [0.4, 0.5) is 0 Å². The van der Waals surface area contributed by atoms with E-state index >= 15 is 0 Å². The topological polar surface area (TPSA) is 90.4 Å². The van der Waals surface area contributed by atoms with Crippen molar-refractivity contribution in [3.05, 3.63) is 18.2 Å². The van der Waals surface area contributed by atoms with Gasteiger partial charge in [-0.05, 0) is 6.42 Å². The third kappa shape index (κ3) is 2.98. The van der Waals surface area contributed by atoms with Crippen LogP contribution in [-0.2, 0) is 9.59 Å². The normalized spacial score (nSPS) is 17.1. The second-order valence-corrected chi connectivity index (χ2v) is 4.37. The molecule has 2 amide bonds. The Hall–Kier alpha value is -2.18. The van der Waals surface area contributed by atoms with Crippen LogP contribution in [0.3, 0.4) is 0 Å². The second-order valence-electron chi connectivity index (χ2n) is 4.37. The third-order valence-corrected chi connectivity index (χ3v) is 3.03. The number of hydrazone groups is 1. The van der Waals surface area contributed by atoms with Gasteiger partial charge >= 0.3 is 0 Å². The Labute approximate surface area is 111 Å². The fraction of sp³-hybridized carbons (Fsp3) is 0.500. The maximum absolute atomic E-state index is 12.1. The van der Waals surface area contributed by atoms with Gasteiger partial charge in [-0.25, -0.2) is 9.99 Å². The van der Waals surface area contributed by atoms with E-state index in [-0.39, 0.29) is 17.9 Å². The summed E-state index contributed by atoms with van der Waals surface area (Å²) in [6.45, 7) is 1.96. The number of carbonyl (C=O) groups is 2. The zero-order valence-electron chi connectivity index (χ0n) is 11.0. The summed E-state index contributed by atoms with van der Waals surface area (Å²) in [5, 5.41) is 8.08. The van der Waals surface area contributed by atoms with Gasteiger partial charge in [-0.3, -0.25) is 9.59 Å². The molecular formula is C12H17N5O2. The first kappa shape index (κ1) is 13.3. The molecule has 7 heteroatoms. The Balaban J connectivity index is 2.04. The maximum atomic E-state index is 12.1. The molecule has 2 heterocycles. The van der Waals surface area contributed by atoms with Gasteiger partial charge in [-0.1, -0.05) is 6.92 Å². The number of hydrogen-bond acceptors (Lipinski definition) is 4. The molecule has 0 aromatic carbocycles. The molecular weight excluding hydrogens is 246 g/mol. The average molecular weight is 263 g/mol. The van der Waals surface area contributed by atoms with Crippen molar-refractivity contribution in [2.75, 3.05) is 7.05 Å². The molecule has 0 bridgehead atoms. The number of aromatic nitrogens is 2. The van der Waals surface area contributed by atoms with E-state index in [1.54, 1.807) is 19.4 Å². The summed E-state index contributed by atoms with van der Waals surface area (Å²) in [5.41, 5.74) is 0.382. The molecule has 0 radical (unpaired) electrons. The van der Waals surface area contributed by atoms with E-state index in [1.165, 1.54) is 5.01 Å². The zero-order chi connectivity index (χ0) is 13.8. The average Bonchev–Trinajstić information content (AvgIpc) is 2.92. The van der Waals surface area contributed by atoms with Gasteiger partial charge in [0.15, 0.2) is 0 Å². The Bertz CT molecular complexity index is 494. The van der Waals surface area contributed by atoms with Gasteiger partial charge < -0.3 is 10.3 Å². The second kappa shape index (κ2) is 5.64. The van der Waals surface area contributed by atoms with Gasteiger partial charge in [0, 0.05) is 32.3 Å². The van der Waals surface area contributed by atoms with Crippen LogP contribution < -0.4 is 5.32 Å². The van der Waals surface area contributed by atoms with E-state index in [9.17, 15) is 9.59 Å². The standard InChI is InChI=1S/C12H17N5O2/c1-3-8(11-13-6-7-14-11)15-12(19)9-4-5-10(18)17(2)16-9/h6-8H,3-5H2,1-2H3,(H,13,14)(H,15,19). The largest absolute Gasteiger partial charge is 0.347 e. The van der Waals surface area contributed by atoms with Crippen molar-refractivity contribution in [3.8, 4) is 0 Å². The summed E-state index contributed by atoms with van der Waals surface area (Å²) in [7, 11) is 1.55. The van der Waals surface area contributed by atoms with Crippen molar-refractivity contribution >= 4 is 17.5 Å². The number of carbonyl (C=O) groups excluding carboxylic acids is 2. The lowest BCUT2D eigenvalue weighted by atomic mass is 10.1. The third-order valence-electron chi connectivity index (χ3n) is 3.03. The number of rotatable bonds is 4. The van der Waals surface area contributed by atoms with E-state index in [0.29, 0.717) is 18.6 Å². The minimum Gasteiger partial charge on any atom is -0.347 e. The van der Waals surface area contributed by atoms with Gasteiger partial charge in [-0.15, -0.1) is 0 Å². The molecule has 0 fully saturated rings. The molecule has 1 aliphatic heterocycles. The molecule has 2 rings (SSSR count). The highest BCUT2D eigenvalue weighted by molar-refractivity contribution is 6.39. The Kier molecular flexibility index (Phi) is 3.94. The molecule has 0 spiro atoms. The number of imidazole rings is 1. The fourth-order valence-corrected chi connectivity index (χ4v) is 1.91. The number of hydrogen-bond donors (Lipinski definition) is 2. The quantitative estimate of drug-likeness (QED) is 0.832. The van der Waals surface area contributed by atoms with Crippen LogP contribution >= 0.6 is 0 Å². The Morgan fingerprint density at radius 1 is 1.58 bits per heavy atom. The first-order valence-electron chi connectivity index (χ1n) is 6.26. The minimum atomic E-state index is -0.248. The van der Waals surface area contributed by atoms with Crippen molar-refractivity contribution in [2.24, 2.45) is 5.10 Å². The molecule has 19 heavy (non-hydrogen) atoms. The van der Waals surface area contributed by atoms with Crippen LogP contribution in [-0.4, -0.2) is 39.6 Å². The maximum Gasteiger partial charge on any atom is 0.268 e. The van der Waals surface area contributed by atoms with Gasteiger partial charge in [-0.2, -0.15) is 5.10 Å². The van der Waals surface area contributed by atoms with Gasteiger partial charge in [0.1, 0.15) is 11.5 Å². The van der Waals surface area contributed by atoms with Crippen LogP contribution in [0, 0.1) is 0 Å². The fourth-order valence-electron chi connectivity index (χ4n) is 1.91. The van der Waals surface area contributed by atoms with Crippen LogP contribution in [0.25, 0.3) is 0 Å². The SMILES string of the molecule is CCC(NC(=O)C1=NN(C)C(=O)CC1)c1ncc[nH]1. The van der Waals surface area contributed by atoms with Gasteiger partial charge in [0.05, 0.1) is 6.04 Å². The monoisotopic (exact) mass is 263 g/mol. The highest BCUT2D eigenvalue weighted by atomic mass is 16.2. The van der Waals surface area contributed by atoms with Crippen LogP contribution in [0.5, 0.6) is 0 Å². The number of aromatic amines is 1. The Morgan fingerprint density at radius 2 is 2.37 bits per heavy atom. The van der Waals surface area contributed by atoms with Crippen LogP contribution in [0.2, 0.25) is 0 Å². The smallest absolute Gasteiger partial charge is 0.268 e. The predicted octanol–water partition coefficient (Wildman–Crippen LogP) is 0.585. The minimum absolute atomic E-state index is 0.0744. The highest BCUT2D eigenvalue weighted by Crippen LogP contribution is 2.13. The van der Waals surface area contributed by atoms with E-state index in [0.717, 1.165) is 12.2 Å². The molecule has 0 aliphatic carbocycles. The summed E-state index contributed by atoms with van der Waals surface area (Å²) in [5.74, 6) is 0.397. The molecule has 1 unspecified atom stereocenters. The van der Waals surface area contributed by atoms with Crippen molar-refractivity contribution in [3.63, 3.8) is 0 Å². The summed E-state index contributed by atoms with van der Waals surface area (Å²) in [4.78, 5) is 30.5. The van der Waals surface area contributed by atoms with Crippen molar-refractivity contribution in [2.45, 2.75) is 32.2 Å². The summed E-state index contributed by atoms with van der Waals surface area (Å²) in [6.07, 6.45) is 4.79. The summed E-state index contributed by atoms with van der Waals surface area (Å²) < 4.78 is 0. The lowest BCUT2D eigenvalue weighted by molar-refractivity contribution is -0.130. The number of nitrogens with zero attached hydrogens (tertiary/aromatic N) is 3. The molecule has 0 saturated heterocycles. The molecule has 1 aromatic rings. The van der Waals surface area contributed by atoms with Gasteiger partial charge in [0.2, 0.25) is 5.91 Å². The molecule has 102 valence electrons. The molecule has 1 atom stereocenters. The molecule has 1 aliphatic rings. The highest BCUT2D eigenvalue weighted by Gasteiger charge is 2.24. The van der Waals surface area contributed by atoms with Crippen LogP contribution in [0.1, 0.15) is 38.1 Å². The molecule has 1 aromatic heterocycles. The van der Waals surface area contributed by atoms with Gasteiger partial charge in [0.25, 0.3) is 5.91 Å². The first-order chi connectivity index (χ1) is 9.11. The van der Waals surface area contributed by atoms with E-state index in [1.807, 2.05) is 6.92 Å². The molecule has 0 saturated carbocycles. The number of amides is 2. The molecule has 2 N–H and O–H groups in total. The number of nitrogens with one attached hydrogen (secondary N) is 2. The van der Waals surface area contributed by atoms with Crippen LogP contribution in [0.15, 0.2) is 17.5 Å². The van der Waals surface area contributed by atoms with E-state index < -0.39 is 0 Å². The molecule has 7 nitrogen and oxygen atoms in total. The van der Waals surface area contributed by atoms with E-state index in [4.69, 9.17) is 0 Å². The Morgan fingerprint density at radius 3 is 2.95 bits per heavy atom. The summed E-state index contributed by atoms with van der Waals surface area (Å²) >= 11 is 0. The first-order valence-corrected chi connectivity index (χ1v) is 6.26. The zero-order valence-corrected chi connectivity index (χ0v) is 11.0. The van der Waals surface area contributed by atoms with Crippen molar-refractivity contribution in [1.29, 1.82) is 0 Å². The predicted molar refractivity (Wildman–Crippen MR) is 69.2 cm³/mol. The number of H-pyrrole nitrogens is 1. The lowest BCUT2D eigenvalue weighted by Crippen LogP contribution is -2.39. The lowest BCUT2D eigenvalue weighted by Gasteiger charge is -2.21. The summed E-state index contributed by atoms with van der Waals surface area (Å²) in [6, 6.07) is -0.173. The van der Waals surface area contributed by atoms with E-state index in [2.05, 4.69) is 20.4 Å². The van der Waals surface area contributed by atoms with Crippen molar-refractivity contribution < 1.29 is 9.59 Å².